The van der Waals surface area contributed by atoms with Gasteiger partial charge in [-0.3, -0.25) is 9.69 Å². The second-order valence-corrected chi connectivity index (χ2v) is 9.01. The minimum Gasteiger partial charge on any atom is -0.345 e. The normalized spacial score (nSPS) is 19.5. The number of anilines is 2. The molecule has 0 unspecified atom stereocenters. The van der Waals surface area contributed by atoms with E-state index in [0.29, 0.717) is 4.32 Å². The highest BCUT2D eigenvalue weighted by molar-refractivity contribution is 8.26. The first-order valence-electron chi connectivity index (χ1n) is 9.79. The number of amides is 1. The molecule has 1 aliphatic heterocycles. The van der Waals surface area contributed by atoms with E-state index < -0.39 is 0 Å². The van der Waals surface area contributed by atoms with E-state index in [-0.39, 0.29) is 11.9 Å². The van der Waals surface area contributed by atoms with Crippen LogP contribution in [0.4, 0.5) is 11.4 Å². The first-order valence-corrected chi connectivity index (χ1v) is 11.0. The van der Waals surface area contributed by atoms with E-state index in [1.165, 1.54) is 31.0 Å². The summed E-state index contributed by atoms with van der Waals surface area (Å²) in [6, 6.07) is 18.8. The monoisotopic (exact) mass is 408 g/mol. The van der Waals surface area contributed by atoms with Gasteiger partial charge in [-0.1, -0.05) is 73.6 Å². The van der Waals surface area contributed by atoms with Crippen LogP contribution < -0.4 is 4.90 Å². The van der Waals surface area contributed by atoms with Crippen molar-refractivity contribution in [3.63, 3.8) is 0 Å². The first-order chi connectivity index (χ1) is 13.6. The highest BCUT2D eigenvalue weighted by atomic mass is 32.2. The summed E-state index contributed by atoms with van der Waals surface area (Å²) in [5.41, 5.74) is 3.27. The number of rotatable bonds is 4. The minimum absolute atomic E-state index is 0.0763. The number of hydrogen-bond acceptors (Lipinski definition) is 4. The smallest absolute Gasteiger partial charge is 0.266 e. The van der Waals surface area contributed by atoms with E-state index in [9.17, 15) is 4.79 Å². The Balaban J connectivity index is 1.50. The summed E-state index contributed by atoms with van der Waals surface area (Å²) < 4.78 is 0.712. The van der Waals surface area contributed by atoms with Gasteiger partial charge in [-0.15, -0.1) is 0 Å². The van der Waals surface area contributed by atoms with Crippen LogP contribution in [-0.2, 0) is 4.79 Å². The SMILES string of the molecule is CN(c1ccccc1)c1ccc(/C=C2/SC(=S)N(C3CCCCC3)C2=O)cc1. The quantitative estimate of drug-likeness (QED) is 0.458. The molecule has 1 aliphatic carbocycles. The Morgan fingerprint density at radius 2 is 1.64 bits per heavy atom. The van der Waals surface area contributed by atoms with Gasteiger partial charge in [0.1, 0.15) is 4.32 Å². The predicted molar refractivity (Wildman–Crippen MR) is 123 cm³/mol. The summed E-state index contributed by atoms with van der Waals surface area (Å²) in [4.78, 5) is 17.7. The van der Waals surface area contributed by atoms with Crippen molar-refractivity contribution in [2.45, 2.75) is 38.1 Å². The van der Waals surface area contributed by atoms with Gasteiger partial charge in [0.2, 0.25) is 0 Å². The first kappa shape index (κ1) is 19.2. The maximum Gasteiger partial charge on any atom is 0.266 e. The molecule has 3 nitrogen and oxygen atoms in total. The molecule has 0 aromatic heterocycles. The minimum atomic E-state index is 0.0763. The fourth-order valence-electron chi connectivity index (χ4n) is 3.88. The number of carbonyl (C=O) groups excluding carboxylic acids is 1. The molecule has 2 aliphatic rings. The molecule has 2 aromatic rings. The highest BCUT2D eigenvalue weighted by Crippen LogP contribution is 2.37. The van der Waals surface area contributed by atoms with Gasteiger partial charge in [0.15, 0.2) is 0 Å². The van der Waals surface area contributed by atoms with Gasteiger partial charge in [0.25, 0.3) is 5.91 Å². The number of nitrogens with zero attached hydrogens (tertiary/aromatic N) is 2. The van der Waals surface area contributed by atoms with Gasteiger partial charge in [-0.05, 0) is 48.7 Å². The second kappa shape index (κ2) is 8.50. The van der Waals surface area contributed by atoms with Gasteiger partial charge in [-0.2, -0.15) is 0 Å². The molecule has 28 heavy (non-hydrogen) atoms. The average molecular weight is 409 g/mol. The lowest BCUT2D eigenvalue weighted by molar-refractivity contribution is -0.124. The van der Waals surface area contributed by atoms with Crippen LogP contribution in [0.5, 0.6) is 0 Å². The second-order valence-electron chi connectivity index (χ2n) is 7.33. The third kappa shape index (κ3) is 4.01. The van der Waals surface area contributed by atoms with Crippen molar-refractivity contribution in [2.24, 2.45) is 0 Å². The Hall–Kier alpha value is -2.11. The highest BCUT2D eigenvalue weighted by Gasteiger charge is 2.37. The molecule has 0 bridgehead atoms. The fourth-order valence-corrected chi connectivity index (χ4v) is 5.28. The lowest BCUT2D eigenvalue weighted by Gasteiger charge is -2.29. The lowest BCUT2D eigenvalue weighted by atomic mass is 9.94. The van der Waals surface area contributed by atoms with E-state index in [1.807, 2.05) is 29.2 Å². The average Bonchev–Trinajstić information content (AvgIpc) is 3.02. The molecular weight excluding hydrogens is 384 g/mol. The summed E-state index contributed by atoms with van der Waals surface area (Å²) in [6.45, 7) is 0. The van der Waals surface area contributed by atoms with Crippen molar-refractivity contribution >= 4 is 51.7 Å². The van der Waals surface area contributed by atoms with E-state index in [2.05, 4.69) is 48.3 Å². The maximum absolute atomic E-state index is 12.9. The van der Waals surface area contributed by atoms with Crippen LogP contribution in [0.2, 0.25) is 0 Å². The Bertz CT molecular complexity index is 887. The molecule has 0 spiro atoms. The van der Waals surface area contributed by atoms with Gasteiger partial charge < -0.3 is 4.90 Å². The van der Waals surface area contributed by atoms with Crippen LogP contribution in [0, 0.1) is 0 Å². The summed E-state index contributed by atoms with van der Waals surface area (Å²) in [5, 5.41) is 0. The zero-order valence-electron chi connectivity index (χ0n) is 16.0. The molecular formula is C23H24N2OS2. The van der Waals surface area contributed by atoms with Crippen molar-refractivity contribution in [1.29, 1.82) is 0 Å². The molecule has 0 radical (unpaired) electrons. The van der Waals surface area contributed by atoms with Crippen molar-refractivity contribution in [1.82, 2.24) is 4.90 Å². The molecule has 1 heterocycles. The molecule has 0 atom stereocenters. The van der Waals surface area contributed by atoms with E-state index >= 15 is 0 Å². The number of thiocarbonyl (C=S) groups is 1. The Morgan fingerprint density at radius 3 is 2.32 bits per heavy atom. The summed E-state index contributed by atoms with van der Waals surface area (Å²) in [5.74, 6) is 0.0763. The predicted octanol–water partition coefficient (Wildman–Crippen LogP) is 5.99. The van der Waals surface area contributed by atoms with Crippen LogP contribution >= 0.6 is 24.0 Å². The van der Waals surface area contributed by atoms with Gasteiger partial charge in [0.05, 0.1) is 4.91 Å². The van der Waals surface area contributed by atoms with E-state index in [1.54, 1.807) is 0 Å². The largest absolute Gasteiger partial charge is 0.345 e. The summed E-state index contributed by atoms with van der Waals surface area (Å²) in [7, 11) is 2.06. The van der Waals surface area contributed by atoms with E-state index in [4.69, 9.17) is 12.2 Å². The number of thioether (sulfide) groups is 1. The van der Waals surface area contributed by atoms with Crippen molar-refractivity contribution in [2.75, 3.05) is 11.9 Å². The molecule has 144 valence electrons. The van der Waals surface area contributed by atoms with Crippen molar-refractivity contribution < 1.29 is 4.79 Å². The van der Waals surface area contributed by atoms with Crippen LogP contribution in [0.25, 0.3) is 6.08 Å². The van der Waals surface area contributed by atoms with Crippen LogP contribution in [0.15, 0.2) is 59.5 Å². The number of carbonyl (C=O) groups is 1. The lowest BCUT2D eigenvalue weighted by Crippen LogP contribution is -2.39. The zero-order chi connectivity index (χ0) is 19.5. The maximum atomic E-state index is 12.9. The molecule has 0 N–H and O–H groups in total. The van der Waals surface area contributed by atoms with Crippen LogP contribution in [0.3, 0.4) is 0 Å². The molecule has 2 aromatic carbocycles. The number of hydrogen-bond donors (Lipinski definition) is 0. The number of benzene rings is 2. The zero-order valence-corrected chi connectivity index (χ0v) is 17.6. The third-order valence-electron chi connectivity index (χ3n) is 5.49. The van der Waals surface area contributed by atoms with Gasteiger partial charge in [-0.25, -0.2) is 0 Å². The van der Waals surface area contributed by atoms with Crippen molar-refractivity contribution in [3.05, 3.63) is 65.1 Å². The van der Waals surface area contributed by atoms with Crippen LogP contribution in [0.1, 0.15) is 37.7 Å². The Morgan fingerprint density at radius 1 is 1.00 bits per heavy atom. The Labute approximate surface area is 176 Å². The van der Waals surface area contributed by atoms with E-state index in [0.717, 1.165) is 34.7 Å². The van der Waals surface area contributed by atoms with Gasteiger partial charge >= 0.3 is 0 Å². The molecule has 5 heteroatoms. The molecule has 1 amide bonds. The number of para-hydroxylation sites is 1. The molecule has 1 saturated carbocycles. The summed E-state index contributed by atoms with van der Waals surface area (Å²) >= 11 is 6.96. The Kier molecular flexibility index (Phi) is 5.83. The summed E-state index contributed by atoms with van der Waals surface area (Å²) in [6.07, 6.45) is 7.76. The van der Waals surface area contributed by atoms with Crippen LogP contribution in [-0.4, -0.2) is 28.2 Å². The molecule has 1 saturated heterocycles. The molecule has 4 rings (SSSR count). The third-order valence-corrected chi connectivity index (χ3v) is 6.82. The topological polar surface area (TPSA) is 23.6 Å². The molecule has 2 fully saturated rings. The van der Waals surface area contributed by atoms with Gasteiger partial charge in [0, 0.05) is 24.5 Å². The fraction of sp³-hybridized carbons (Fsp3) is 0.304. The standard InChI is InChI=1S/C23H24N2OS2/c1-24(18-8-4-2-5-9-18)19-14-12-17(13-15-19)16-21-22(26)25(23(27)28-21)20-10-6-3-7-11-20/h2,4-5,8-9,12-16,20H,3,6-7,10-11H2,1H3/b21-16+. The van der Waals surface area contributed by atoms with Crippen molar-refractivity contribution in [3.8, 4) is 0 Å².